The molecule has 0 spiro atoms. The van der Waals surface area contributed by atoms with Gasteiger partial charge in [0.2, 0.25) is 0 Å². The first kappa shape index (κ1) is 34.2. The number of fused-ring (bicyclic) bond motifs is 3. The minimum atomic E-state index is -1.27. The molecule has 0 bridgehead atoms. The van der Waals surface area contributed by atoms with Gasteiger partial charge in [0, 0.05) is 43.4 Å². The van der Waals surface area contributed by atoms with Gasteiger partial charge < -0.3 is 14.4 Å². The summed E-state index contributed by atoms with van der Waals surface area (Å²) in [5, 5.41) is 3.66. The van der Waals surface area contributed by atoms with Gasteiger partial charge in [0.05, 0.1) is 13.7 Å². The summed E-state index contributed by atoms with van der Waals surface area (Å²) in [5.41, 5.74) is 10.6. The molecule has 47 heavy (non-hydrogen) atoms. The van der Waals surface area contributed by atoms with Crippen molar-refractivity contribution < 1.29 is 24.5 Å². The van der Waals surface area contributed by atoms with Gasteiger partial charge in [-0.2, -0.15) is 0 Å². The van der Waals surface area contributed by atoms with Gasteiger partial charge in [-0.25, -0.2) is 0 Å². The van der Waals surface area contributed by atoms with Crippen molar-refractivity contribution in [2.45, 2.75) is 46.8 Å². The summed E-state index contributed by atoms with van der Waals surface area (Å²) in [4.78, 5) is 9.21. The summed E-state index contributed by atoms with van der Waals surface area (Å²) in [6.45, 7) is 13.7. The van der Waals surface area contributed by atoms with E-state index in [1.54, 1.807) is 0 Å². The summed E-state index contributed by atoms with van der Waals surface area (Å²) < 4.78 is 6.47. The van der Waals surface area contributed by atoms with Crippen LogP contribution in [0.5, 0.6) is 0 Å². The Hall–Kier alpha value is -4.15. The summed E-state index contributed by atoms with van der Waals surface area (Å²) >= 11 is 0. The number of aryl methyl sites for hydroxylation is 1. The Morgan fingerprint density at radius 3 is 2.21 bits per heavy atom. The van der Waals surface area contributed by atoms with E-state index in [4.69, 9.17) is 4.42 Å². The third kappa shape index (κ3) is 7.71. The number of benzene rings is 4. The number of rotatable bonds is 6. The Morgan fingerprint density at radius 2 is 1.51 bits per heavy atom. The molecule has 0 amide bonds. The maximum Gasteiger partial charge on any atom is 0.128 e. The third-order valence-electron chi connectivity index (χ3n) is 8.17. The molecular formula is C42H40IrN2OSi-2. The van der Waals surface area contributed by atoms with Gasteiger partial charge in [0.1, 0.15) is 5.58 Å². The molecule has 5 heteroatoms. The molecule has 0 saturated carbocycles. The van der Waals surface area contributed by atoms with Gasteiger partial charge in [0.15, 0.2) is 0 Å². The van der Waals surface area contributed by atoms with Crippen molar-refractivity contribution in [3.8, 4) is 33.6 Å². The molecular weight excluding hydrogens is 769 g/mol. The Balaban J connectivity index is 0.000000207. The van der Waals surface area contributed by atoms with Crippen LogP contribution in [0.2, 0.25) is 19.6 Å². The van der Waals surface area contributed by atoms with E-state index in [2.05, 4.69) is 142 Å². The van der Waals surface area contributed by atoms with Crippen LogP contribution in [-0.4, -0.2) is 18.0 Å². The largest absolute Gasteiger partial charge is 0.500 e. The number of furan rings is 1. The van der Waals surface area contributed by atoms with Crippen molar-refractivity contribution in [1.82, 2.24) is 9.97 Å². The van der Waals surface area contributed by atoms with Crippen molar-refractivity contribution in [2.75, 3.05) is 0 Å². The van der Waals surface area contributed by atoms with Crippen LogP contribution in [0, 0.1) is 25.0 Å². The van der Waals surface area contributed by atoms with Gasteiger partial charge in [0.25, 0.3) is 0 Å². The zero-order valence-electron chi connectivity index (χ0n) is 27.9. The van der Waals surface area contributed by atoms with E-state index in [1.165, 1.54) is 16.3 Å². The van der Waals surface area contributed by atoms with Crippen LogP contribution < -0.4 is 5.19 Å². The molecule has 0 aliphatic carbocycles. The molecule has 0 N–H and O–H groups in total. The predicted molar refractivity (Wildman–Crippen MR) is 196 cm³/mol. The van der Waals surface area contributed by atoms with Crippen LogP contribution in [0.3, 0.4) is 0 Å². The van der Waals surface area contributed by atoms with E-state index < -0.39 is 8.07 Å². The smallest absolute Gasteiger partial charge is 0.128 e. The first-order chi connectivity index (χ1) is 22.2. The Kier molecular flexibility index (Phi) is 10.7. The van der Waals surface area contributed by atoms with E-state index in [9.17, 15) is 0 Å². The minimum Gasteiger partial charge on any atom is -0.500 e. The molecule has 0 fully saturated rings. The maximum absolute atomic E-state index is 6.47. The summed E-state index contributed by atoms with van der Waals surface area (Å²) in [6.07, 6.45) is 4.97. The second kappa shape index (κ2) is 14.7. The monoisotopic (exact) mass is 809 g/mol. The molecule has 0 aliphatic rings. The van der Waals surface area contributed by atoms with Crippen LogP contribution in [-0.2, 0) is 26.5 Å². The van der Waals surface area contributed by atoms with E-state index in [1.807, 2.05) is 36.5 Å². The van der Waals surface area contributed by atoms with Crippen LogP contribution in [0.25, 0.3) is 55.6 Å². The number of pyridine rings is 2. The van der Waals surface area contributed by atoms with Crippen LogP contribution in [0.4, 0.5) is 0 Å². The van der Waals surface area contributed by atoms with Crippen molar-refractivity contribution in [3.63, 3.8) is 0 Å². The Bertz CT molecular complexity index is 2100. The van der Waals surface area contributed by atoms with Crippen molar-refractivity contribution in [1.29, 1.82) is 0 Å². The van der Waals surface area contributed by atoms with Crippen LogP contribution >= 0.6 is 0 Å². The number of nitrogens with zero attached hydrogens (tertiary/aromatic N) is 2. The molecule has 4 aromatic carbocycles. The number of aromatic nitrogens is 2. The molecule has 1 radical (unpaired) electrons. The van der Waals surface area contributed by atoms with Crippen LogP contribution in [0.15, 0.2) is 120 Å². The van der Waals surface area contributed by atoms with Gasteiger partial charge in [-0.3, -0.25) is 0 Å². The van der Waals surface area contributed by atoms with Gasteiger partial charge in [-0.15, -0.1) is 54.1 Å². The quantitative estimate of drug-likeness (QED) is 0.124. The Morgan fingerprint density at radius 1 is 0.745 bits per heavy atom. The van der Waals surface area contributed by atoms with Crippen LogP contribution in [0.1, 0.15) is 25.0 Å². The summed E-state index contributed by atoms with van der Waals surface area (Å²) in [7, 11) is -1.27. The zero-order valence-corrected chi connectivity index (χ0v) is 31.3. The first-order valence-electron chi connectivity index (χ1n) is 16.0. The number of hydrogen-bond acceptors (Lipinski definition) is 3. The third-order valence-corrected chi connectivity index (χ3v) is 10.3. The fourth-order valence-corrected chi connectivity index (χ4v) is 7.76. The first-order valence-corrected chi connectivity index (χ1v) is 19.5. The molecule has 0 aliphatic heterocycles. The van der Waals surface area contributed by atoms with E-state index >= 15 is 0 Å². The molecule has 0 atom stereocenters. The standard InChI is InChI=1S/C27H22NO.C15H18NSi.Ir/c1-18(2)16-19-14-15-28-25(17-19)24-13-7-12-23-22-11-6-10-21(26(22)29-27(23)24)20-8-4-3-5-9-20;1-12-10-14(13-8-6-5-7-9-13)16-11-15(12)17(2,3)4;/h3-12,14-15,17-18H,16H2,1-2H3;5-8,10-11H,1-4H3;/q2*-1;. The summed E-state index contributed by atoms with van der Waals surface area (Å²) in [6, 6.07) is 41.8. The predicted octanol–water partition coefficient (Wildman–Crippen LogP) is 10.7. The molecule has 3 heterocycles. The SMILES string of the molecule is CC(C)Cc1ccnc(-c2[c-]ccc3c2oc2c(-c4ccccc4)cccc23)c1.Cc1cc(-c2[c-]cccc2)ncc1[Si](C)(C)C.[Ir]. The molecule has 0 unspecified atom stereocenters. The van der Waals surface area contributed by atoms with Crippen molar-refractivity contribution in [3.05, 3.63) is 139 Å². The van der Waals surface area contributed by atoms with Gasteiger partial charge in [-0.05, 0) is 47.5 Å². The van der Waals surface area contributed by atoms with Gasteiger partial charge >= 0.3 is 0 Å². The molecule has 3 aromatic heterocycles. The summed E-state index contributed by atoms with van der Waals surface area (Å²) in [5.74, 6) is 0.602. The van der Waals surface area contributed by atoms with Crippen molar-refractivity contribution >= 4 is 35.2 Å². The van der Waals surface area contributed by atoms with E-state index in [-0.39, 0.29) is 20.1 Å². The normalized spacial score (nSPS) is 11.3. The number of para-hydroxylation sites is 1. The fourth-order valence-electron chi connectivity index (χ4n) is 6.05. The van der Waals surface area contributed by atoms with E-state index in [0.29, 0.717) is 5.92 Å². The van der Waals surface area contributed by atoms with Crippen molar-refractivity contribution in [2.24, 2.45) is 5.92 Å². The van der Waals surface area contributed by atoms with Gasteiger partial charge in [-0.1, -0.05) is 116 Å². The molecule has 7 aromatic rings. The Labute approximate surface area is 293 Å². The molecule has 0 saturated heterocycles. The maximum atomic E-state index is 6.47. The zero-order chi connectivity index (χ0) is 32.3. The van der Waals surface area contributed by atoms with E-state index in [0.717, 1.165) is 62.0 Å². The molecule has 239 valence electrons. The molecule has 7 rings (SSSR count). The minimum absolute atomic E-state index is 0. The average Bonchev–Trinajstić information content (AvgIpc) is 3.44. The average molecular weight is 809 g/mol. The topological polar surface area (TPSA) is 38.9 Å². The second-order valence-corrected chi connectivity index (χ2v) is 18.3. The fraction of sp³-hybridized carbons (Fsp3) is 0.190. The second-order valence-electron chi connectivity index (χ2n) is 13.3. The molecule has 3 nitrogen and oxygen atoms in total. The number of hydrogen-bond donors (Lipinski definition) is 0.